The minimum absolute atomic E-state index is 0.371. The maximum atomic E-state index is 15.8. The lowest BCUT2D eigenvalue weighted by molar-refractivity contribution is 0.631. The standard InChI is InChI=1S/C54H34F4/c55-51-29-13-9-25-43(51)35-17-1-5-21-39(35)47-33-49(41-23-7-3-19-37(41)45-27-11-15-31-53(45)57)50(42-24-8-4-20-38(42)46-28-12-16-32-54(46)58)34-48(47)40-22-6-2-18-36(40)44-26-10-14-30-52(44)56/h1-34H. The van der Waals surface area contributed by atoms with E-state index in [9.17, 15) is 0 Å². The number of hydrogen-bond acceptors (Lipinski definition) is 0. The topological polar surface area (TPSA) is 0 Å². The summed E-state index contributed by atoms with van der Waals surface area (Å²) in [5.41, 5.74) is 10.3. The van der Waals surface area contributed by atoms with Crippen LogP contribution in [-0.2, 0) is 0 Å². The zero-order valence-electron chi connectivity index (χ0n) is 31.1. The van der Waals surface area contributed by atoms with E-state index in [2.05, 4.69) is 12.1 Å². The maximum Gasteiger partial charge on any atom is 0.131 e. The van der Waals surface area contributed by atoms with Crippen LogP contribution in [-0.4, -0.2) is 0 Å². The molecule has 0 saturated heterocycles. The third-order valence-electron chi connectivity index (χ3n) is 10.7. The second kappa shape index (κ2) is 15.7. The molecule has 58 heavy (non-hydrogen) atoms. The molecule has 0 radical (unpaired) electrons. The second-order valence-electron chi connectivity index (χ2n) is 14.0. The van der Waals surface area contributed by atoms with Crippen molar-refractivity contribution in [2.24, 2.45) is 0 Å². The normalized spacial score (nSPS) is 11.1. The van der Waals surface area contributed by atoms with Crippen LogP contribution >= 0.6 is 0 Å². The molecule has 9 rings (SSSR count). The lowest BCUT2D eigenvalue weighted by Crippen LogP contribution is -1.98. The van der Waals surface area contributed by atoms with Crippen molar-refractivity contribution >= 4 is 0 Å². The second-order valence-corrected chi connectivity index (χ2v) is 14.0. The zero-order valence-corrected chi connectivity index (χ0v) is 31.1. The summed E-state index contributed by atoms with van der Waals surface area (Å²) in [4.78, 5) is 0. The zero-order chi connectivity index (χ0) is 39.6. The summed E-state index contributed by atoms with van der Waals surface area (Å²) in [5.74, 6) is -1.49. The Hall–Kier alpha value is -7.30. The van der Waals surface area contributed by atoms with E-state index in [1.54, 1.807) is 48.5 Å². The van der Waals surface area contributed by atoms with Gasteiger partial charge in [0.25, 0.3) is 0 Å². The van der Waals surface area contributed by atoms with E-state index < -0.39 is 0 Å². The van der Waals surface area contributed by atoms with Crippen LogP contribution in [0.5, 0.6) is 0 Å². The van der Waals surface area contributed by atoms with Crippen LogP contribution in [0.15, 0.2) is 206 Å². The molecule has 0 N–H and O–H groups in total. The molecule has 0 nitrogen and oxygen atoms in total. The van der Waals surface area contributed by atoms with Gasteiger partial charge in [0, 0.05) is 22.3 Å². The van der Waals surface area contributed by atoms with Crippen molar-refractivity contribution in [1.29, 1.82) is 0 Å². The Morgan fingerprint density at radius 3 is 0.466 bits per heavy atom. The van der Waals surface area contributed by atoms with Crippen molar-refractivity contribution < 1.29 is 17.6 Å². The summed E-state index contributed by atoms with van der Waals surface area (Å²) >= 11 is 0. The first-order valence-corrected chi connectivity index (χ1v) is 19.0. The van der Waals surface area contributed by atoms with Gasteiger partial charge in [0.1, 0.15) is 23.3 Å². The van der Waals surface area contributed by atoms with Crippen LogP contribution < -0.4 is 0 Å². The minimum atomic E-state index is -0.371. The molecule has 0 amide bonds. The molecule has 0 heterocycles. The molecule has 0 aliphatic rings. The number of benzene rings is 9. The molecular formula is C54H34F4. The van der Waals surface area contributed by atoms with E-state index in [-0.39, 0.29) is 23.3 Å². The Bertz CT molecular complexity index is 2560. The van der Waals surface area contributed by atoms with Crippen molar-refractivity contribution in [1.82, 2.24) is 0 Å². The molecule has 278 valence electrons. The Kier molecular flexibility index (Phi) is 9.83. The number of hydrogen-bond donors (Lipinski definition) is 0. The van der Waals surface area contributed by atoms with Crippen LogP contribution in [0.4, 0.5) is 17.6 Å². The Balaban J connectivity index is 1.45. The van der Waals surface area contributed by atoms with Crippen LogP contribution in [0.2, 0.25) is 0 Å². The Morgan fingerprint density at radius 2 is 0.293 bits per heavy atom. The maximum absolute atomic E-state index is 15.8. The van der Waals surface area contributed by atoms with E-state index in [1.807, 2.05) is 121 Å². The molecule has 9 aromatic rings. The highest BCUT2D eigenvalue weighted by atomic mass is 19.1. The fraction of sp³-hybridized carbons (Fsp3) is 0. The molecule has 4 heteroatoms. The van der Waals surface area contributed by atoms with Gasteiger partial charge in [0.05, 0.1) is 0 Å². The van der Waals surface area contributed by atoms with E-state index >= 15 is 17.6 Å². The van der Waals surface area contributed by atoms with Gasteiger partial charge in [-0.25, -0.2) is 17.6 Å². The van der Waals surface area contributed by atoms with Crippen molar-refractivity contribution in [3.63, 3.8) is 0 Å². The minimum Gasteiger partial charge on any atom is -0.206 e. The average Bonchev–Trinajstić information content (AvgIpc) is 3.27. The Labute approximate surface area is 335 Å². The quantitative estimate of drug-likeness (QED) is 0.135. The van der Waals surface area contributed by atoms with Gasteiger partial charge >= 0.3 is 0 Å². The fourth-order valence-corrected chi connectivity index (χ4v) is 8.02. The fourth-order valence-electron chi connectivity index (χ4n) is 8.02. The third-order valence-corrected chi connectivity index (χ3v) is 10.7. The van der Waals surface area contributed by atoms with Gasteiger partial charge in [0.2, 0.25) is 0 Å². The van der Waals surface area contributed by atoms with Crippen LogP contribution in [0.1, 0.15) is 0 Å². The van der Waals surface area contributed by atoms with Crippen LogP contribution in [0.25, 0.3) is 89.0 Å². The predicted octanol–water partition coefficient (Wildman–Crippen LogP) is 15.6. The van der Waals surface area contributed by atoms with Gasteiger partial charge < -0.3 is 0 Å². The molecule has 0 atom stereocenters. The number of rotatable bonds is 8. The summed E-state index contributed by atoms with van der Waals surface area (Å²) in [6.07, 6.45) is 0. The molecular weight excluding hydrogens is 725 g/mol. The molecule has 0 aromatic heterocycles. The van der Waals surface area contributed by atoms with Crippen molar-refractivity contribution in [3.8, 4) is 89.0 Å². The molecule has 0 spiro atoms. The first-order chi connectivity index (χ1) is 28.5. The summed E-state index contributed by atoms with van der Waals surface area (Å²) in [7, 11) is 0. The van der Waals surface area contributed by atoms with Gasteiger partial charge in [0.15, 0.2) is 0 Å². The largest absolute Gasteiger partial charge is 0.206 e. The molecule has 0 aliphatic heterocycles. The van der Waals surface area contributed by atoms with E-state index in [0.29, 0.717) is 44.5 Å². The highest BCUT2D eigenvalue weighted by molar-refractivity contribution is 6.04. The summed E-state index contributed by atoms with van der Waals surface area (Å²) in [6.45, 7) is 0. The molecule has 0 unspecified atom stereocenters. The highest BCUT2D eigenvalue weighted by Gasteiger charge is 2.24. The lowest BCUT2D eigenvalue weighted by Gasteiger charge is -2.24. The molecule has 0 fully saturated rings. The Morgan fingerprint density at radius 1 is 0.155 bits per heavy atom. The van der Waals surface area contributed by atoms with E-state index in [4.69, 9.17) is 0 Å². The summed E-state index contributed by atoms with van der Waals surface area (Å²) < 4.78 is 63.1. The molecule has 0 saturated carbocycles. The molecule has 9 aromatic carbocycles. The summed E-state index contributed by atoms with van der Waals surface area (Å²) in [6, 6.07) is 61.5. The van der Waals surface area contributed by atoms with Crippen LogP contribution in [0, 0.1) is 23.3 Å². The van der Waals surface area contributed by atoms with Crippen LogP contribution in [0.3, 0.4) is 0 Å². The smallest absolute Gasteiger partial charge is 0.131 e. The first kappa shape index (κ1) is 36.3. The van der Waals surface area contributed by atoms with Gasteiger partial charge in [-0.15, -0.1) is 0 Å². The van der Waals surface area contributed by atoms with Gasteiger partial charge in [-0.05, 0) is 103 Å². The highest BCUT2D eigenvalue weighted by Crippen LogP contribution is 2.50. The van der Waals surface area contributed by atoms with Crippen molar-refractivity contribution in [2.45, 2.75) is 0 Å². The van der Waals surface area contributed by atoms with Gasteiger partial charge in [-0.1, -0.05) is 170 Å². The van der Waals surface area contributed by atoms with Crippen molar-refractivity contribution in [2.75, 3.05) is 0 Å². The molecule has 0 aliphatic carbocycles. The predicted molar refractivity (Wildman–Crippen MR) is 230 cm³/mol. The first-order valence-electron chi connectivity index (χ1n) is 19.0. The molecule has 0 bridgehead atoms. The van der Waals surface area contributed by atoms with Gasteiger partial charge in [-0.2, -0.15) is 0 Å². The van der Waals surface area contributed by atoms with Crippen molar-refractivity contribution in [3.05, 3.63) is 230 Å². The van der Waals surface area contributed by atoms with Gasteiger partial charge in [-0.3, -0.25) is 0 Å². The third kappa shape index (κ3) is 6.69. The summed E-state index contributed by atoms with van der Waals surface area (Å²) in [5, 5.41) is 0. The van der Waals surface area contributed by atoms with E-state index in [0.717, 1.165) is 44.5 Å². The number of halogens is 4. The average molecular weight is 759 g/mol. The SMILES string of the molecule is Fc1ccccc1-c1ccccc1-c1cc(-c2ccccc2-c2ccccc2F)c(-c2ccccc2-c2ccccc2F)cc1-c1ccccc1-c1ccccc1F. The lowest BCUT2D eigenvalue weighted by atomic mass is 9.80. The van der Waals surface area contributed by atoms with E-state index in [1.165, 1.54) is 24.3 Å². The monoisotopic (exact) mass is 758 g/mol.